The molecule has 0 heterocycles. The number of nitrogens with zero attached hydrogens (tertiary/aromatic N) is 1. The lowest BCUT2D eigenvalue weighted by atomic mass is 10.2. The van der Waals surface area contributed by atoms with Crippen LogP contribution in [-0.4, -0.2) is 39.4 Å². The van der Waals surface area contributed by atoms with Gasteiger partial charge in [0.2, 0.25) is 10.0 Å². The molecule has 1 amide bonds. The van der Waals surface area contributed by atoms with Gasteiger partial charge in [-0.3, -0.25) is 9.10 Å². The van der Waals surface area contributed by atoms with Crippen LogP contribution in [0, 0.1) is 0 Å². The number of benzene rings is 2. The lowest BCUT2D eigenvalue weighted by Gasteiger charge is -2.20. The Kier molecular flexibility index (Phi) is 8.01. The maximum absolute atomic E-state index is 12.2. The summed E-state index contributed by atoms with van der Waals surface area (Å²) in [6.45, 7) is 2.67. The molecule has 27 heavy (non-hydrogen) atoms. The highest BCUT2D eigenvalue weighted by Gasteiger charge is 2.15. The van der Waals surface area contributed by atoms with Gasteiger partial charge in [-0.1, -0.05) is 23.7 Å². The van der Waals surface area contributed by atoms with Gasteiger partial charge in [0, 0.05) is 35.2 Å². The Hall–Kier alpha value is -1.70. The van der Waals surface area contributed by atoms with Gasteiger partial charge in [0.15, 0.2) is 0 Å². The number of hydrogen-bond acceptors (Lipinski definition) is 4. The summed E-state index contributed by atoms with van der Waals surface area (Å²) in [5, 5.41) is 3.60. The summed E-state index contributed by atoms with van der Waals surface area (Å²) in [6.07, 6.45) is 1.17. The first kappa shape index (κ1) is 21.6. The molecular formula is C19H23ClN2O3S2. The number of carbonyl (C=O) groups is 1. The van der Waals surface area contributed by atoms with Crippen molar-refractivity contribution >= 4 is 45.0 Å². The van der Waals surface area contributed by atoms with Crippen LogP contribution in [0.4, 0.5) is 5.69 Å². The van der Waals surface area contributed by atoms with Gasteiger partial charge in [-0.05, 0) is 48.9 Å². The molecule has 146 valence electrons. The Morgan fingerprint density at radius 2 is 1.74 bits per heavy atom. The fourth-order valence-corrected chi connectivity index (χ4v) is 4.42. The Balaban J connectivity index is 1.79. The summed E-state index contributed by atoms with van der Waals surface area (Å²) in [5.41, 5.74) is 2.25. The van der Waals surface area contributed by atoms with Crippen molar-refractivity contribution in [2.75, 3.05) is 29.4 Å². The summed E-state index contributed by atoms with van der Waals surface area (Å²) in [5.74, 6) is 1.49. The van der Waals surface area contributed by atoms with Gasteiger partial charge >= 0.3 is 0 Å². The first-order valence-electron chi connectivity index (χ1n) is 8.49. The molecule has 1 N–H and O–H groups in total. The molecule has 0 bridgehead atoms. The number of carbonyl (C=O) groups excluding carboxylic acids is 1. The Labute approximate surface area is 170 Å². The number of nitrogens with one attached hydrogen (secondary N) is 1. The fourth-order valence-electron chi connectivity index (χ4n) is 2.50. The van der Waals surface area contributed by atoms with E-state index in [2.05, 4.69) is 5.32 Å². The second-order valence-electron chi connectivity index (χ2n) is 5.91. The molecule has 0 aromatic heterocycles. The predicted molar refractivity (Wildman–Crippen MR) is 114 cm³/mol. The molecule has 2 aromatic rings. The second kappa shape index (κ2) is 10.0. The van der Waals surface area contributed by atoms with Crippen molar-refractivity contribution < 1.29 is 13.2 Å². The van der Waals surface area contributed by atoms with E-state index in [1.165, 1.54) is 16.1 Å². The third kappa shape index (κ3) is 6.75. The maximum atomic E-state index is 12.2. The highest BCUT2D eigenvalue weighted by atomic mass is 35.5. The smallest absolute Gasteiger partial charge is 0.251 e. The Bertz CT molecular complexity index is 854. The zero-order chi connectivity index (χ0) is 19.9. The van der Waals surface area contributed by atoms with Gasteiger partial charge in [0.25, 0.3) is 5.91 Å². The van der Waals surface area contributed by atoms with Gasteiger partial charge < -0.3 is 5.32 Å². The predicted octanol–water partition coefficient (Wildman–Crippen LogP) is 3.79. The monoisotopic (exact) mass is 426 g/mol. The zero-order valence-electron chi connectivity index (χ0n) is 15.3. The summed E-state index contributed by atoms with van der Waals surface area (Å²) in [6, 6.07) is 14.3. The number of rotatable bonds is 9. The van der Waals surface area contributed by atoms with Gasteiger partial charge in [-0.15, -0.1) is 0 Å². The fraction of sp³-hybridized carbons (Fsp3) is 0.316. The Morgan fingerprint density at radius 1 is 1.11 bits per heavy atom. The third-order valence-corrected chi connectivity index (χ3v) is 6.37. The summed E-state index contributed by atoms with van der Waals surface area (Å²) in [7, 11) is -3.32. The highest BCUT2D eigenvalue weighted by Crippen LogP contribution is 2.18. The number of sulfonamides is 1. The summed E-state index contributed by atoms with van der Waals surface area (Å²) < 4.78 is 24.8. The minimum absolute atomic E-state index is 0.170. The van der Waals surface area contributed by atoms with Gasteiger partial charge in [-0.25, -0.2) is 8.42 Å². The standard InChI is InChI=1S/C19H23ClN2O3S2/c1-3-22(27(2,24)25)18-10-6-16(7-11-18)19(23)21-12-13-26-14-15-4-8-17(20)9-5-15/h4-11H,3,12-14H2,1-2H3,(H,21,23). The van der Waals surface area contributed by atoms with Crippen molar-refractivity contribution in [2.45, 2.75) is 12.7 Å². The normalized spacial score (nSPS) is 11.2. The second-order valence-corrected chi connectivity index (χ2v) is 9.36. The number of anilines is 1. The van der Waals surface area contributed by atoms with Gasteiger partial charge in [0.1, 0.15) is 0 Å². The third-order valence-electron chi connectivity index (χ3n) is 3.82. The maximum Gasteiger partial charge on any atom is 0.251 e. The van der Waals surface area contributed by atoms with Crippen molar-refractivity contribution in [3.05, 3.63) is 64.7 Å². The molecule has 2 rings (SSSR count). The molecule has 0 radical (unpaired) electrons. The van der Waals surface area contributed by atoms with Crippen LogP contribution < -0.4 is 9.62 Å². The van der Waals surface area contributed by atoms with Crippen LogP contribution >= 0.6 is 23.4 Å². The molecular weight excluding hydrogens is 404 g/mol. The number of thioether (sulfide) groups is 1. The molecule has 0 saturated heterocycles. The summed E-state index contributed by atoms with van der Waals surface area (Å²) >= 11 is 7.59. The topological polar surface area (TPSA) is 66.5 Å². The van der Waals surface area contributed by atoms with Gasteiger partial charge in [-0.2, -0.15) is 11.8 Å². The lowest BCUT2D eigenvalue weighted by Crippen LogP contribution is -2.29. The van der Waals surface area contributed by atoms with Crippen LogP contribution in [0.25, 0.3) is 0 Å². The van der Waals surface area contributed by atoms with E-state index in [4.69, 9.17) is 11.6 Å². The van der Waals surface area contributed by atoms with Crippen LogP contribution in [0.3, 0.4) is 0 Å². The molecule has 8 heteroatoms. The number of hydrogen-bond donors (Lipinski definition) is 1. The van der Waals surface area contributed by atoms with Gasteiger partial charge in [0.05, 0.1) is 11.9 Å². The van der Waals surface area contributed by atoms with Crippen LogP contribution in [0.5, 0.6) is 0 Å². The van der Waals surface area contributed by atoms with E-state index in [0.29, 0.717) is 24.3 Å². The van der Waals surface area contributed by atoms with Crippen molar-refractivity contribution in [1.82, 2.24) is 5.32 Å². The zero-order valence-corrected chi connectivity index (χ0v) is 17.7. The van der Waals surface area contributed by atoms with Crippen molar-refractivity contribution in [3.8, 4) is 0 Å². The molecule has 0 fully saturated rings. The molecule has 0 unspecified atom stereocenters. The van der Waals surface area contributed by atoms with Crippen molar-refractivity contribution in [3.63, 3.8) is 0 Å². The molecule has 0 atom stereocenters. The van der Waals surface area contributed by atoms with Crippen LogP contribution in [0.1, 0.15) is 22.8 Å². The minimum Gasteiger partial charge on any atom is -0.351 e. The molecule has 0 aliphatic carbocycles. The molecule has 5 nitrogen and oxygen atoms in total. The van der Waals surface area contributed by atoms with E-state index in [1.807, 2.05) is 24.3 Å². The number of amides is 1. The van der Waals surface area contributed by atoms with Crippen LogP contribution in [0.2, 0.25) is 5.02 Å². The first-order valence-corrected chi connectivity index (χ1v) is 11.9. The SMILES string of the molecule is CCN(c1ccc(C(=O)NCCSCc2ccc(Cl)cc2)cc1)S(C)(=O)=O. The molecule has 0 saturated carbocycles. The van der Waals surface area contributed by atoms with Crippen molar-refractivity contribution in [2.24, 2.45) is 0 Å². The van der Waals surface area contributed by atoms with Crippen molar-refractivity contribution in [1.29, 1.82) is 0 Å². The van der Waals surface area contributed by atoms with E-state index < -0.39 is 10.0 Å². The van der Waals surface area contributed by atoms with Crippen LogP contribution in [0.15, 0.2) is 48.5 Å². The first-order chi connectivity index (χ1) is 12.8. The summed E-state index contributed by atoms with van der Waals surface area (Å²) in [4.78, 5) is 12.2. The van der Waals surface area contributed by atoms with E-state index in [9.17, 15) is 13.2 Å². The lowest BCUT2D eigenvalue weighted by molar-refractivity contribution is 0.0956. The highest BCUT2D eigenvalue weighted by molar-refractivity contribution is 7.98. The Morgan fingerprint density at radius 3 is 2.30 bits per heavy atom. The quantitative estimate of drug-likeness (QED) is 0.619. The average Bonchev–Trinajstić information content (AvgIpc) is 2.63. The largest absolute Gasteiger partial charge is 0.351 e. The molecule has 2 aromatic carbocycles. The van der Waals surface area contributed by atoms with Crippen LogP contribution in [-0.2, 0) is 15.8 Å². The van der Waals surface area contributed by atoms with E-state index >= 15 is 0 Å². The number of halogens is 1. The molecule has 0 aliphatic heterocycles. The van der Waals surface area contributed by atoms with E-state index in [-0.39, 0.29) is 5.91 Å². The van der Waals surface area contributed by atoms with E-state index in [1.54, 1.807) is 43.0 Å². The molecule has 0 aliphatic rings. The van der Waals surface area contributed by atoms with E-state index in [0.717, 1.165) is 16.5 Å². The minimum atomic E-state index is -3.32. The average molecular weight is 427 g/mol. The molecule has 0 spiro atoms.